The van der Waals surface area contributed by atoms with Crippen LogP contribution in [0.2, 0.25) is 0 Å². The zero-order valence-corrected chi connectivity index (χ0v) is 11.4. The molecule has 1 heterocycles. The van der Waals surface area contributed by atoms with Gasteiger partial charge in [0.1, 0.15) is 0 Å². The molecule has 1 unspecified atom stereocenters. The van der Waals surface area contributed by atoms with E-state index in [4.69, 9.17) is 5.73 Å². The van der Waals surface area contributed by atoms with Crippen LogP contribution in [0.1, 0.15) is 36.5 Å². The average Bonchev–Trinajstić information content (AvgIpc) is 2.68. The lowest BCUT2D eigenvalue weighted by atomic mass is 10.2. The van der Waals surface area contributed by atoms with Crippen molar-refractivity contribution in [3.63, 3.8) is 0 Å². The van der Waals surface area contributed by atoms with Crippen LogP contribution in [0.3, 0.4) is 0 Å². The number of carbonyl (C=O) groups excluding carboxylic acids is 1. The van der Waals surface area contributed by atoms with Gasteiger partial charge in [-0.15, -0.1) is 0 Å². The van der Waals surface area contributed by atoms with Gasteiger partial charge in [0.15, 0.2) is 5.69 Å². The average molecular weight is 256 g/mol. The number of rotatable bonds is 6. The highest BCUT2D eigenvalue weighted by atomic mass is 32.2. The van der Waals surface area contributed by atoms with Crippen LogP contribution in [0.25, 0.3) is 0 Å². The SMILES string of the molecule is CCCc1[nH]nc(C(=O)NCC(C)SC)c1N. The molecule has 0 aliphatic rings. The highest BCUT2D eigenvalue weighted by molar-refractivity contribution is 7.99. The van der Waals surface area contributed by atoms with Crippen molar-refractivity contribution in [3.8, 4) is 0 Å². The third kappa shape index (κ3) is 3.66. The predicted molar refractivity (Wildman–Crippen MR) is 72.3 cm³/mol. The number of aromatic nitrogens is 2. The standard InChI is InChI=1S/C11H20N4OS/c1-4-5-8-9(12)10(15-14-8)11(16)13-6-7(2)17-3/h7H,4-6,12H2,1-3H3,(H,13,16)(H,14,15). The van der Waals surface area contributed by atoms with E-state index in [0.717, 1.165) is 18.5 Å². The number of nitrogens with one attached hydrogen (secondary N) is 2. The van der Waals surface area contributed by atoms with Crippen molar-refractivity contribution >= 4 is 23.4 Å². The second kappa shape index (κ2) is 6.54. The third-order valence-electron chi connectivity index (χ3n) is 2.55. The van der Waals surface area contributed by atoms with Gasteiger partial charge in [0, 0.05) is 11.8 Å². The molecule has 17 heavy (non-hydrogen) atoms. The Morgan fingerprint density at radius 3 is 2.94 bits per heavy atom. The number of nitrogens with zero attached hydrogens (tertiary/aromatic N) is 1. The summed E-state index contributed by atoms with van der Waals surface area (Å²) in [5.41, 5.74) is 7.49. The minimum Gasteiger partial charge on any atom is -0.395 e. The van der Waals surface area contributed by atoms with Crippen molar-refractivity contribution in [2.24, 2.45) is 0 Å². The maximum Gasteiger partial charge on any atom is 0.273 e. The third-order valence-corrected chi connectivity index (χ3v) is 3.52. The molecular weight excluding hydrogens is 236 g/mol. The molecule has 96 valence electrons. The van der Waals surface area contributed by atoms with Gasteiger partial charge in [-0.2, -0.15) is 16.9 Å². The predicted octanol–water partition coefficient (Wildman–Crippen LogP) is 1.43. The number of hydrogen-bond donors (Lipinski definition) is 3. The van der Waals surface area contributed by atoms with E-state index in [1.165, 1.54) is 0 Å². The highest BCUT2D eigenvalue weighted by Gasteiger charge is 2.16. The van der Waals surface area contributed by atoms with Gasteiger partial charge in [0.2, 0.25) is 0 Å². The second-order valence-electron chi connectivity index (χ2n) is 3.97. The van der Waals surface area contributed by atoms with Crippen LogP contribution in [-0.4, -0.2) is 34.2 Å². The number of nitrogens with two attached hydrogens (primary N) is 1. The fourth-order valence-corrected chi connectivity index (χ4v) is 1.65. The largest absolute Gasteiger partial charge is 0.395 e. The second-order valence-corrected chi connectivity index (χ2v) is 5.25. The van der Waals surface area contributed by atoms with Gasteiger partial charge in [0.05, 0.1) is 11.4 Å². The summed E-state index contributed by atoms with van der Waals surface area (Å²) in [5, 5.41) is 9.99. The number of carbonyl (C=O) groups is 1. The lowest BCUT2D eigenvalue weighted by Crippen LogP contribution is -2.30. The van der Waals surface area contributed by atoms with Crippen molar-refractivity contribution < 1.29 is 4.79 Å². The molecule has 1 atom stereocenters. The molecule has 1 aromatic heterocycles. The Kier molecular flexibility index (Phi) is 5.34. The molecule has 0 aromatic carbocycles. The van der Waals surface area contributed by atoms with Crippen molar-refractivity contribution in [2.45, 2.75) is 31.9 Å². The zero-order valence-electron chi connectivity index (χ0n) is 10.5. The molecule has 0 radical (unpaired) electrons. The molecule has 0 fully saturated rings. The number of amides is 1. The Balaban J connectivity index is 2.63. The Morgan fingerprint density at radius 1 is 1.65 bits per heavy atom. The Labute approximate surface area is 106 Å². The molecular formula is C11H20N4OS. The lowest BCUT2D eigenvalue weighted by Gasteiger charge is -2.08. The van der Waals surface area contributed by atoms with Gasteiger partial charge in [-0.3, -0.25) is 9.89 Å². The van der Waals surface area contributed by atoms with Crippen LogP contribution in [0.4, 0.5) is 5.69 Å². The first-order chi connectivity index (χ1) is 8.10. The summed E-state index contributed by atoms with van der Waals surface area (Å²) in [7, 11) is 0. The Hall–Kier alpha value is -1.17. The molecule has 1 rings (SSSR count). The van der Waals surface area contributed by atoms with Crippen molar-refractivity contribution in [3.05, 3.63) is 11.4 Å². The zero-order chi connectivity index (χ0) is 12.8. The molecule has 1 amide bonds. The monoisotopic (exact) mass is 256 g/mol. The first-order valence-corrected chi connectivity index (χ1v) is 7.02. The highest BCUT2D eigenvalue weighted by Crippen LogP contribution is 2.15. The number of hydrogen-bond acceptors (Lipinski definition) is 4. The van der Waals surface area contributed by atoms with Crippen LogP contribution >= 0.6 is 11.8 Å². The molecule has 0 saturated heterocycles. The summed E-state index contributed by atoms with van der Waals surface area (Å²) < 4.78 is 0. The topological polar surface area (TPSA) is 83.8 Å². The number of nitrogen functional groups attached to an aromatic ring is 1. The van der Waals surface area contributed by atoms with E-state index in [1.54, 1.807) is 11.8 Å². The first-order valence-electron chi connectivity index (χ1n) is 5.73. The van der Waals surface area contributed by atoms with Gasteiger partial charge < -0.3 is 11.1 Å². The molecule has 0 aliphatic carbocycles. The summed E-state index contributed by atoms with van der Waals surface area (Å²) in [6.07, 6.45) is 3.80. The quantitative estimate of drug-likeness (QED) is 0.719. The summed E-state index contributed by atoms with van der Waals surface area (Å²) in [4.78, 5) is 11.8. The summed E-state index contributed by atoms with van der Waals surface area (Å²) in [6.45, 7) is 4.73. The number of thioether (sulfide) groups is 1. The Bertz CT molecular complexity index is 378. The van der Waals surface area contributed by atoms with E-state index in [9.17, 15) is 4.79 Å². The van der Waals surface area contributed by atoms with Crippen LogP contribution < -0.4 is 11.1 Å². The molecule has 0 spiro atoms. The van der Waals surface area contributed by atoms with E-state index >= 15 is 0 Å². The molecule has 1 aromatic rings. The van der Waals surface area contributed by atoms with Crippen molar-refractivity contribution in [2.75, 3.05) is 18.5 Å². The molecule has 0 saturated carbocycles. The molecule has 0 bridgehead atoms. The minimum atomic E-state index is -0.206. The molecule has 5 nitrogen and oxygen atoms in total. The van der Waals surface area contributed by atoms with Crippen LogP contribution in [0, 0.1) is 0 Å². The summed E-state index contributed by atoms with van der Waals surface area (Å²) >= 11 is 1.71. The van der Waals surface area contributed by atoms with Gasteiger partial charge in [0.25, 0.3) is 5.91 Å². The van der Waals surface area contributed by atoms with Crippen LogP contribution in [0.5, 0.6) is 0 Å². The van der Waals surface area contributed by atoms with Gasteiger partial charge in [-0.25, -0.2) is 0 Å². The van der Waals surface area contributed by atoms with Crippen molar-refractivity contribution in [1.82, 2.24) is 15.5 Å². The van der Waals surface area contributed by atoms with E-state index < -0.39 is 0 Å². The maximum atomic E-state index is 11.8. The van der Waals surface area contributed by atoms with Gasteiger partial charge in [-0.05, 0) is 12.7 Å². The van der Waals surface area contributed by atoms with E-state index in [0.29, 0.717) is 23.2 Å². The number of H-pyrrole nitrogens is 1. The van der Waals surface area contributed by atoms with Crippen LogP contribution in [-0.2, 0) is 6.42 Å². The van der Waals surface area contributed by atoms with E-state index in [2.05, 4.69) is 29.4 Å². The summed E-state index contributed by atoms with van der Waals surface area (Å²) in [6, 6.07) is 0. The lowest BCUT2D eigenvalue weighted by molar-refractivity contribution is 0.0950. The number of aryl methyl sites for hydroxylation is 1. The normalized spacial score (nSPS) is 12.4. The van der Waals surface area contributed by atoms with E-state index in [1.807, 2.05) is 6.26 Å². The fourth-order valence-electron chi connectivity index (χ4n) is 1.40. The van der Waals surface area contributed by atoms with Gasteiger partial charge in [-0.1, -0.05) is 20.3 Å². The summed E-state index contributed by atoms with van der Waals surface area (Å²) in [5.74, 6) is -0.206. The van der Waals surface area contributed by atoms with Gasteiger partial charge >= 0.3 is 0 Å². The Morgan fingerprint density at radius 2 is 2.35 bits per heavy atom. The maximum absolute atomic E-state index is 11.8. The molecule has 6 heteroatoms. The van der Waals surface area contributed by atoms with Crippen LogP contribution in [0.15, 0.2) is 0 Å². The molecule has 0 aliphatic heterocycles. The minimum absolute atomic E-state index is 0.206. The fraction of sp³-hybridized carbons (Fsp3) is 0.636. The molecule has 4 N–H and O–H groups in total. The smallest absolute Gasteiger partial charge is 0.273 e. The number of aromatic amines is 1. The first kappa shape index (κ1) is 13.9. The number of anilines is 1. The van der Waals surface area contributed by atoms with Crippen molar-refractivity contribution in [1.29, 1.82) is 0 Å². The van der Waals surface area contributed by atoms with E-state index in [-0.39, 0.29) is 5.91 Å².